The van der Waals surface area contributed by atoms with Gasteiger partial charge in [-0.05, 0) is 83.5 Å². The van der Waals surface area contributed by atoms with Crippen molar-refractivity contribution in [2.75, 3.05) is 13.7 Å². The Morgan fingerprint density at radius 3 is 2.14 bits per heavy atom. The second-order valence-electron chi connectivity index (χ2n) is 22.7. The van der Waals surface area contributed by atoms with E-state index in [2.05, 4.69) is 26.0 Å². The van der Waals surface area contributed by atoms with E-state index < -0.39 is 113 Å². The lowest BCUT2D eigenvalue weighted by Gasteiger charge is -2.56. The Morgan fingerprint density at radius 1 is 0.841 bits per heavy atom. The summed E-state index contributed by atoms with van der Waals surface area (Å²) in [6, 6.07) is 0. The lowest BCUT2D eigenvalue weighted by atomic mass is 9.47. The fourth-order valence-electron chi connectivity index (χ4n) is 14.5. The van der Waals surface area contributed by atoms with Crippen molar-refractivity contribution in [3.05, 3.63) is 46.3 Å². The molecule has 4 aliphatic carbocycles. The van der Waals surface area contributed by atoms with Gasteiger partial charge in [0.2, 0.25) is 5.78 Å². The van der Waals surface area contributed by atoms with Gasteiger partial charge in [0.1, 0.15) is 29.3 Å². The van der Waals surface area contributed by atoms with Gasteiger partial charge in [-0.2, -0.15) is 0 Å². The van der Waals surface area contributed by atoms with Gasteiger partial charge < -0.3 is 54.0 Å². The number of carbonyl (C=O) groups is 3. The summed E-state index contributed by atoms with van der Waals surface area (Å²) in [5.41, 5.74) is -1.44. The van der Waals surface area contributed by atoms with Gasteiger partial charge in [0.05, 0.1) is 36.6 Å². The van der Waals surface area contributed by atoms with Gasteiger partial charge in [0.25, 0.3) is 0 Å². The number of aliphatic hydroxyl groups excluding tert-OH is 5. The maximum Gasteiger partial charge on any atom is 0.346 e. The highest BCUT2D eigenvalue weighted by Gasteiger charge is 2.67. The van der Waals surface area contributed by atoms with Gasteiger partial charge in [-0.25, -0.2) is 4.79 Å². The summed E-state index contributed by atoms with van der Waals surface area (Å²) in [4.78, 5) is 44.1. The van der Waals surface area contributed by atoms with E-state index in [1.54, 1.807) is 6.92 Å². The van der Waals surface area contributed by atoms with Crippen molar-refractivity contribution in [3.63, 3.8) is 0 Å². The number of Topliss-reactive ketones (excluding diaryl/α,β-unsaturated/α-hetero) is 2. The van der Waals surface area contributed by atoms with Crippen molar-refractivity contribution in [3.8, 4) is 0 Å². The summed E-state index contributed by atoms with van der Waals surface area (Å²) in [6.45, 7) is 21.5. The van der Waals surface area contributed by atoms with E-state index in [1.165, 1.54) is 7.11 Å². The minimum absolute atomic E-state index is 0.0313. The van der Waals surface area contributed by atoms with Crippen LogP contribution in [0.2, 0.25) is 0 Å². The zero-order valence-electron chi connectivity index (χ0n) is 43.3. The molecule has 2 bridgehead atoms. The average Bonchev–Trinajstić information content (AvgIpc) is 3.55. The van der Waals surface area contributed by atoms with E-state index in [0.717, 1.165) is 16.7 Å². The number of ether oxygens (including phenoxy) is 6. The van der Waals surface area contributed by atoms with E-state index in [9.17, 15) is 35.1 Å². The van der Waals surface area contributed by atoms with E-state index in [1.807, 2.05) is 61.5 Å². The summed E-state index contributed by atoms with van der Waals surface area (Å²) >= 11 is 0. The molecule has 7 rings (SSSR count). The predicted molar refractivity (Wildman–Crippen MR) is 257 cm³/mol. The molecule has 5 N–H and O–H groups in total. The SMILES string of the molecule is CC/C1=C\[C@H](CO)C[C@@H](C)C(O[C@H]2C[C@H](O)[C@H](O[C@H]3C[C@H](OC)[C@@H](O)[C@H](C)O3)[C@@H](C)O2)[C@H](C)CCC[C@]2(C)C=C(C)[C@H](C)C[C@]23OC(=O)/C(=C(/O)[C@@]2(CC)[C@H]4[C@H](C=C(C)[C@@H]12)[C@@H](O)CC(=O)[C@@H]4C)C3=O. The number of allylic oxidation sites excluding steroid dienone is 4. The molecule has 388 valence electrons. The number of fused-ring (bicyclic) bond motifs is 4. The van der Waals surface area contributed by atoms with Gasteiger partial charge in [-0.15, -0.1) is 0 Å². The lowest BCUT2D eigenvalue weighted by molar-refractivity contribution is -0.320. The van der Waals surface area contributed by atoms with Crippen molar-refractivity contribution in [1.29, 1.82) is 0 Å². The molecule has 21 atom stereocenters. The molecule has 0 aromatic rings. The molecule has 0 aromatic heterocycles. The molecule has 1 unspecified atom stereocenters. The lowest BCUT2D eigenvalue weighted by Crippen LogP contribution is -2.57. The van der Waals surface area contributed by atoms with E-state index in [0.29, 0.717) is 32.1 Å². The second kappa shape index (κ2) is 21.0. The van der Waals surface area contributed by atoms with Crippen LogP contribution in [0.5, 0.6) is 0 Å². The van der Waals surface area contributed by atoms with Crippen LogP contribution in [0, 0.1) is 58.2 Å². The Hall–Kier alpha value is -2.79. The summed E-state index contributed by atoms with van der Waals surface area (Å²) < 4.78 is 37.7. The molecule has 3 aliphatic heterocycles. The Morgan fingerprint density at radius 2 is 1.51 bits per heavy atom. The van der Waals surface area contributed by atoms with Crippen LogP contribution in [0.3, 0.4) is 0 Å². The Bertz CT molecular complexity index is 2030. The molecular weight excluding hydrogens is 885 g/mol. The topological polar surface area (TPSA) is 208 Å². The third-order valence-electron chi connectivity index (χ3n) is 18.3. The average molecular weight is 969 g/mol. The maximum absolute atomic E-state index is 15.6. The van der Waals surface area contributed by atoms with Gasteiger partial charge in [0, 0.05) is 73.9 Å². The molecule has 1 spiro atoms. The molecule has 0 radical (unpaired) electrons. The van der Waals surface area contributed by atoms with Crippen LogP contribution in [0.1, 0.15) is 140 Å². The Kier molecular flexibility index (Phi) is 16.4. The molecule has 0 aromatic carbocycles. The number of esters is 1. The van der Waals surface area contributed by atoms with Crippen LogP contribution in [0.15, 0.2) is 46.3 Å². The highest BCUT2D eigenvalue weighted by Crippen LogP contribution is 2.63. The first-order valence-electron chi connectivity index (χ1n) is 26.1. The molecular formula is C55H84O14. The number of hydrogen-bond acceptors (Lipinski definition) is 14. The fourth-order valence-corrected chi connectivity index (χ4v) is 14.5. The van der Waals surface area contributed by atoms with Crippen molar-refractivity contribution >= 4 is 17.5 Å². The van der Waals surface area contributed by atoms with Crippen LogP contribution >= 0.6 is 0 Å². The van der Waals surface area contributed by atoms with E-state index in [-0.39, 0.29) is 79.5 Å². The summed E-state index contributed by atoms with van der Waals surface area (Å²) in [5, 5.41) is 58.3. The van der Waals surface area contributed by atoms with Crippen molar-refractivity contribution in [1.82, 2.24) is 0 Å². The summed E-state index contributed by atoms with van der Waals surface area (Å²) in [5.74, 6) is -4.99. The van der Waals surface area contributed by atoms with Gasteiger partial charge >= 0.3 is 5.97 Å². The highest BCUT2D eigenvalue weighted by atomic mass is 16.7. The van der Waals surface area contributed by atoms with Crippen LogP contribution in [0.25, 0.3) is 0 Å². The van der Waals surface area contributed by atoms with Gasteiger partial charge in [-0.3, -0.25) is 9.59 Å². The van der Waals surface area contributed by atoms with Gasteiger partial charge in [0.15, 0.2) is 18.2 Å². The summed E-state index contributed by atoms with van der Waals surface area (Å²) in [6.07, 6.45) is 2.88. The van der Waals surface area contributed by atoms with E-state index in [4.69, 9.17) is 28.4 Å². The number of methoxy groups -OCH3 is 1. The smallest absolute Gasteiger partial charge is 0.346 e. The molecule has 1 saturated carbocycles. The number of carbonyl (C=O) groups excluding carboxylic acids is 3. The zero-order chi connectivity index (χ0) is 50.7. The maximum atomic E-state index is 15.6. The normalized spacial score (nSPS) is 48.8. The van der Waals surface area contributed by atoms with Crippen LogP contribution in [-0.2, 0) is 42.8 Å². The van der Waals surface area contributed by atoms with E-state index >= 15 is 4.79 Å². The van der Waals surface area contributed by atoms with Crippen molar-refractivity contribution in [2.45, 2.75) is 207 Å². The first-order chi connectivity index (χ1) is 32.5. The quantitative estimate of drug-likeness (QED) is 0.0913. The Labute approximate surface area is 410 Å². The molecule has 3 saturated heterocycles. The second-order valence-corrected chi connectivity index (χ2v) is 22.7. The zero-order valence-corrected chi connectivity index (χ0v) is 43.3. The number of ketones is 2. The Balaban J connectivity index is 1.30. The number of aliphatic hydroxyl groups is 5. The highest BCUT2D eigenvalue weighted by molar-refractivity contribution is 6.26. The predicted octanol–water partition coefficient (Wildman–Crippen LogP) is 7.40. The van der Waals surface area contributed by atoms with Crippen molar-refractivity contribution < 1.29 is 68.3 Å². The van der Waals surface area contributed by atoms with Gasteiger partial charge in [-0.1, -0.05) is 89.8 Å². The third-order valence-corrected chi connectivity index (χ3v) is 18.3. The largest absolute Gasteiger partial charge is 0.511 e. The number of rotatable bonds is 8. The molecule has 69 heavy (non-hydrogen) atoms. The molecule has 3 heterocycles. The molecule has 7 aliphatic rings. The van der Waals surface area contributed by atoms with Crippen LogP contribution in [-0.4, -0.2) is 124 Å². The first kappa shape index (κ1) is 54.0. The fraction of sp³-hybridized carbons (Fsp3) is 0.800. The minimum atomic E-state index is -1.60. The first-order valence-corrected chi connectivity index (χ1v) is 26.1. The third kappa shape index (κ3) is 9.55. The minimum Gasteiger partial charge on any atom is -0.511 e. The molecule has 14 heteroatoms. The monoisotopic (exact) mass is 969 g/mol. The molecule has 4 fully saturated rings. The summed E-state index contributed by atoms with van der Waals surface area (Å²) in [7, 11) is 1.54. The number of hydrogen-bond donors (Lipinski definition) is 5. The molecule has 14 nitrogen and oxygen atoms in total. The molecule has 0 amide bonds. The van der Waals surface area contributed by atoms with Crippen LogP contribution < -0.4 is 0 Å². The van der Waals surface area contributed by atoms with Crippen LogP contribution in [0.4, 0.5) is 0 Å². The standard InChI is InChI=1S/C55H84O14/c1-13-36-20-35(26-56)18-29(5)48(67-42-22-40(59)49(34(10)66-42)68-43-23-41(64-12)47(60)33(9)65-43)27(3)16-15-17-53(11)24-30(6)31(7)25-55(53)51(62)44(52(63)69-55)50(61)54(14-2)45(36)28(4)19-37-39(58)21-38(57)32(8)46(37)54/h19-20,24,27,29,31-35,37,39-43,45-49,56,58-61H,13-18,21-23,25-26H2,1-12H3/b36-20+,50-44+/t27-,29-,31-,32+,33+,34-,35-,37-,39+,40+,41+,42+,43+,45+,46-,47+,48?,49-,53-,54-,55-/m1/s1. The van der Waals surface area contributed by atoms with Crippen molar-refractivity contribution in [2.24, 2.45) is 58.2 Å².